The fraction of sp³-hybridized carbons (Fsp3) is 0.600. The minimum Gasteiger partial charge on any atom is -0.481 e. The molecule has 2 N–H and O–H groups in total. The normalized spacial score (nSPS) is 12.8. The van der Waals surface area contributed by atoms with Crippen molar-refractivity contribution < 1.29 is 15.0 Å². The van der Waals surface area contributed by atoms with Gasteiger partial charge in [-0.3, -0.25) is 9.48 Å². The van der Waals surface area contributed by atoms with E-state index in [4.69, 9.17) is 5.11 Å². The Morgan fingerprint density at radius 3 is 2.60 bits per heavy atom. The van der Waals surface area contributed by atoms with Crippen molar-refractivity contribution in [2.24, 2.45) is 0 Å². The monoisotopic (exact) mass is 212 g/mol. The predicted molar refractivity (Wildman–Crippen MR) is 54.7 cm³/mol. The largest absolute Gasteiger partial charge is 0.481 e. The third-order valence-electron chi connectivity index (χ3n) is 2.30. The molecule has 1 rings (SSSR count). The van der Waals surface area contributed by atoms with E-state index in [0.717, 1.165) is 17.0 Å². The number of nitrogens with zero attached hydrogens (tertiary/aromatic N) is 2. The molecule has 15 heavy (non-hydrogen) atoms. The number of aliphatic hydroxyl groups is 1. The van der Waals surface area contributed by atoms with Gasteiger partial charge in [-0.25, -0.2) is 0 Å². The van der Waals surface area contributed by atoms with Gasteiger partial charge in [0.2, 0.25) is 0 Å². The molecule has 0 saturated carbocycles. The van der Waals surface area contributed by atoms with Gasteiger partial charge in [0.1, 0.15) is 0 Å². The van der Waals surface area contributed by atoms with Gasteiger partial charge < -0.3 is 10.2 Å². The Morgan fingerprint density at radius 2 is 2.13 bits per heavy atom. The zero-order valence-corrected chi connectivity index (χ0v) is 9.19. The Morgan fingerprint density at radius 1 is 1.53 bits per heavy atom. The number of carbonyl (C=O) groups is 1. The molecule has 1 heterocycles. The first kappa shape index (κ1) is 11.7. The van der Waals surface area contributed by atoms with Gasteiger partial charge in [0.15, 0.2) is 0 Å². The number of aryl methyl sites for hydroxylation is 1. The van der Waals surface area contributed by atoms with Crippen LogP contribution in [0.1, 0.15) is 23.9 Å². The molecule has 0 spiro atoms. The van der Waals surface area contributed by atoms with E-state index in [2.05, 4.69) is 5.10 Å². The van der Waals surface area contributed by atoms with E-state index in [1.807, 2.05) is 6.92 Å². The van der Waals surface area contributed by atoms with Crippen LogP contribution in [0.15, 0.2) is 0 Å². The zero-order valence-electron chi connectivity index (χ0n) is 9.19. The minimum atomic E-state index is -0.863. The van der Waals surface area contributed by atoms with Crippen LogP contribution in [0.4, 0.5) is 0 Å². The minimum absolute atomic E-state index is 0.0164. The van der Waals surface area contributed by atoms with E-state index < -0.39 is 12.1 Å². The second kappa shape index (κ2) is 4.44. The lowest BCUT2D eigenvalue weighted by atomic mass is 10.1. The molecule has 1 unspecified atom stereocenters. The van der Waals surface area contributed by atoms with Crippen molar-refractivity contribution in [1.82, 2.24) is 9.78 Å². The zero-order chi connectivity index (χ0) is 11.6. The smallest absolute Gasteiger partial charge is 0.307 e. The van der Waals surface area contributed by atoms with Gasteiger partial charge in [-0.15, -0.1) is 0 Å². The number of hydrogen-bond acceptors (Lipinski definition) is 3. The summed E-state index contributed by atoms with van der Waals surface area (Å²) >= 11 is 0. The van der Waals surface area contributed by atoms with Crippen molar-refractivity contribution in [3.63, 3.8) is 0 Å². The molecule has 0 aliphatic heterocycles. The Balaban J connectivity index is 2.98. The molecule has 1 aromatic rings. The quantitative estimate of drug-likeness (QED) is 0.762. The summed E-state index contributed by atoms with van der Waals surface area (Å²) in [7, 11) is 0. The van der Waals surface area contributed by atoms with Crippen molar-refractivity contribution in [3.8, 4) is 0 Å². The molecule has 0 bridgehead atoms. The van der Waals surface area contributed by atoms with Crippen molar-refractivity contribution in [3.05, 3.63) is 17.0 Å². The summed E-state index contributed by atoms with van der Waals surface area (Å²) in [4.78, 5) is 10.6. The van der Waals surface area contributed by atoms with Crippen LogP contribution in [0, 0.1) is 13.8 Å². The highest BCUT2D eigenvalue weighted by Crippen LogP contribution is 2.14. The van der Waals surface area contributed by atoms with Crippen molar-refractivity contribution >= 4 is 5.97 Å². The molecule has 1 atom stereocenters. The lowest BCUT2D eigenvalue weighted by Gasteiger charge is -2.06. The van der Waals surface area contributed by atoms with Crippen LogP contribution >= 0.6 is 0 Å². The lowest BCUT2D eigenvalue weighted by Crippen LogP contribution is -2.14. The van der Waals surface area contributed by atoms with Crippen molar-refractivity contribution in [2.45, 2.75) is 39.8 Å². The van der Waals surface area contributed by atoms with Gasteiger partial charge in [0, 0.05) is 11.3 Å². The maximum atomic E-state index is 10.6. The Bertz CT molecular complexity index is 369. The van der Waals surface area contributed by atoms with Crippen LogP contribution in [0.5, 0.6) is 0 Å². The summed E-state index contributed by atoms with van der Waals surface area (Å²) in [6, 6.07) is 0. The van der Waals surface area contributed by atoms with Crippen LogP contribution < -0.4 is 0 Å². The molecule has 84 valence electrons. The first-order valence-corrected chi connectivity index (χ1v) is 4.84. The average molecular weight is 212 g/mol. The Kier molecular flexibility index (Phi) is 3.47. The van der Waals surface area contributed by atoms with Gasteiger partial charge in [-0.05, 0) is 20.8 Å². The van der Waals surface area contributed by atoms with Gasteiger partial charge in [-0.2, -0.15) is 5.10 Å². The topological polar surface area (TPSA) is 75.3 Å². The molecule has 0 saturated heterocycles. The van der Waals surface area contributed by atoms with Crippen molar-refractivity contribution in [2.75, 3.05) is 0 Å². The van der Waals surface area contributed by atoms with Crippen LogP contribution in [0.3, 0.4) is 0 Å². The molecule has 1 aromatic heterocycles. The number of aromatic nitrogens is 2. The van der Waals surface area contributed by atoms with Crippen LogP contribution in [-0.2, 0) is 17.8 Å². The standard InChI is InChI=1S/C10H16N2O3/c1-6(13)5-12-8(3)9(4-10(14)15)7(2)11-12/h6,13H,4-5H2,1-3H3,(H,14,15). The summed E-state index contributed by atoms with van der Waals surface area (Å²) in [6.07, 6.45) is -0.502. The maximum Gasteiger partial charge on any atom is 0.307 e. The van der Waals surface area contributed by atoms with Gasteiger partial charge >= 0.3 is 5.97 Å². The second-order valence-corrected chi connectivity index (χ2v) is 3.75. The third kappa shape index (κ3) is 2.79. The first-order valence-electron chi connectivity index (χ1n) is 4.84. The summed E-state index contributed by atoms with van der Waals surface area (Å²) in [6.45, 7) is 5.67. The molecule has 0 radical (unpaired) electrons. The highest BCUT2D eigenvalue weighted by atomic mass is 16.4. The third-order valence-corrected chi connectivity index (χ3v) is 2.30. The molecular formula is C10H16N2O3. The van der Waals surface area contributed by atoms with Crippen LogP contribution in [-0.4, -0.2) is 32.1 Å². The molecule has 5 nitrogen and oxygen atoms in total. The maximum absolute atomic E-state index is 10.6. The predicted octanol–water partition coefficient (Wildman–Crippen LogP) is 0.508. The lowest BCUT2D eigenvalue weighted by molar-refractivity contribution is -0.136. The molecule has 0 aliphatic carbocycles. The first-order chi connectivity index (χ1) is 6.91. The van der Waals surface area contributed by atoms with Gasteiger partial charge in [0.05, 0.1) is 24.8 Å². The molecule has 0 aliphatic rings. The number of carboxylic acids is 1. The molecular weight excluding hydrogens is 196 g/mol. The molecule has 5 heteroatoms. The molecule has 0 fully saturated rings. The summed E-state index contributed by atoms with van der Waals surface area (Å²) in [5.41, 5.74) is 2.27. The van der Waals surface area contributed by atoms with Gasteiger partial charge in [0.25, 0.3) is 0 Å². The highest BCUT2D eigenvalue weighted by Gasteiger charge is 2.14. The average Bonchev–Trinajstić information content (AvgIpc) is 2.31. The summed E-state index contributed by atoms with van der Waals surface area (Å²) < 4.78 is 1.65. The van der Waals surface area contributed by atoms with E-state index >= 15 is 0 Å². The fourth-order valence-electron chi connectivity index (χ4n) is 1.57. The van der Waals surface area contributed by atoms with Crippen LogP contribution in [0.2, 0.25) is 0 Å². The van der Waals surface area contributed by atoms with Crippen molar-refractivity contribution in [1.29, 1.82) is 0 Å². The van der Waals surface area contributed by atoms with E-state index in [0.29, 0.717) is 6.54 Å². The fourth-order valence-corrected chi connectivity index (χ4v) is 1.57. The Labute approximate surface area is 88.3 Å². The van der Waals surface area contributed by atoms with E-state index in [9.17, 15) is 9.90 Å². The molecule has 0 amide bonds. The number of carboxylic acid groups (broad SMARTS) is 1. The number of hydrogen-bond donors (Lipinski definition) is 2. The summed E-state index contributed by atoms with van der Waals surface area (Å²) in [5, 5.41) is 22.2. The second-order valence-electron chi connectivity index (χ2n) is 3.75. The Hall–Kier alpha value is -1.36. The number of rotatable bonds is 4. The van der Waals surface area contributed by atoms with E-state index in [1.54, 1.807) is 18.5 Å². The number of aliphatic hydroxyl groups excluding tert-OH is 1. The highest BCUT2D eigenvalue weighted by molar-refractivity contribution is 5.70. The summed E-state index contributed by atoms with van der Waals surface area (Å²) in [5.74, 6) is -0.863. The van der Waals surface area contributed by atoms with E-state index in [-0.39, 0.29) is 6.42 Å². The van der Waals surface area contributed by atoms with E-state index in [1.165, 1.54) is 0 Å². The SMILES string of the molecule is Cc1nn(CC(C)O)c(C)c1CC(=O)O. The van der Waals surface area contributed by atoms with Crippen LogP contribution in [0.25, 0.3) is 0 Å². The number of aliphatic carboxylic acids is 1. The molecule has 0 aromatic carbocycles. The van der Waals surface area contributed by atoms with Gasteiger partial charge in [-0.1, -0.05) is 0 Å².